The number of hydrogen-bond acceptors (Lipinski definition) is 11. The maximum atomic E-state index is 15.0. The number of carbonyl (C=O) groups is 11. The smallest absolute Gasteiger partial charge is 0.351 e. The van der Waals surface area contributed by atoms with Crippen LogP contribution in [-0.2, 0) is 65.3 Å². The Morgan fingerprint density at radius 1 is 0.620 bits per heavy atom. The number of hydrogen-bond donors (Lipinski definition) is 4. The molecule has 0 aromatic heterocycles. The Kier molecular flexibility index (Phi) is 26.8. The van der Waals surface area contributed by atoms with Gasteiger partial charge in [-0.2, -0.15) is 13.2 Å². The number of alkyl halides is 3. The van der Waals surface area contributed by atoms with Crippen LogP contribution in [0.3, 0.4) is 0 Å². The van der Waals surface area contributed by atoms with Gasteiger partial charge in [0.05, 0.1) is 30.2 Å². The van der Waals surface area contributed by atoms with E-state index in [4.69, 9.17) is 11.6 Å². The van der Waals surface area contributed by atoms with Crippen molar-refractivity contribution in [2.75, 3.05) is 68.5 Å². The lowest BCUT2D eigenvalue weighted by Crippen LogP contribution is -2.64. The summed E-state index contributed by atoms with van der Waals surface area (Å²) in [7, 11) is 8.66. The Bertz CT molecular complexity index is 2830. The van der Waals surface area contributed by atoms with Crippen molar-refractivity contribution in [3.05, 3.63) is 34.3 Å². The molecule has 22 nitrogen and oxygen atoms in total. The third kappa shape index (κ3) is 19.3. The van der Waals surface area contributed by atoms with Crippen molar-refractivity contribution in [2.24, 2.45) is 23.7 Å². The predicted molar refractivity (Wildman–Crippen MR) is 340 cm³/mol. The molecule has 11 amide bonds. The van der Waals surface area contributed by atoms with Gasteiger partial charge in [-0.25, -0.2) is 0 Å². The molecule has 5 aliphatic rings. The lowest BCUT2D eigenvalue weighted by Gasteiger charge is -2.39. The first-order valence-corrected chi connectivity index (χ1v) is 33.5. The fraction of sp³-hybridized carbons (Fsp3) is 0.742. The fourth-order valence-electron chi connectivity index (χ4n) is 14.2. The van der Waals surface area contributed by atoms with Crippen molar-refractivity contribution < 1.29 is 65.9 Å². The number of amides is 11. The third-order valence-electron chi connectivity index (χ3n) is 19.5. The lowest BCUT2D eigenvalue weighted by atomic mass is 9.83. The fourth-order valence-corrected chi connectivity index (χ4v) is 14.5. The number of benzene rings is 1. The molecule has 514 valence electrons. The zero-order valence-electron chi connectivity index (χ0n) is 55.9. The van der Waals surface area contributed by atoms with Crippen LogP contribution in [0.4, 0.5) is 13.2 Å². The molecule has 4 N–H and O–H groups in total. The van der Waals surface area contributed by atoms with Gasteiger partial charge in [0.15, 0.2) is 0 Å². The van der Waals surface area contributed by atoms with Crippen molar-refractivity contribution >= 4 is 76.6 Å². The molecular formula is C66H101ClF3N11O11. The molecule has 3 aliphatic carbocycles. The maximum absolute atomic E-state index is 15.0. The Balaban J connectivity index is 1.36. The number of aryl methyl sites for hydroxylation is 1. The van der Waals surface area contributed by atoms with Gasteiger partial charge in [-0.3, -0.25) is 52.7 Å². The third-order valence-corrected chi connectivity index (χ3v) is 19.9. The topological polar surface area (TPSA) is 259 Å². The standard InChI is InChI=1S/C66H101ClF3N11O11/c1-40(2)33-50-58(86)73-56(45-23-16-13-17-24-45)63(91)77(8)38-54(84)75(6)39-55(85)79(10)51(36-43-21-14-12-15-22-43)62(90)76(7)37-52(82)72-48(29-27-44-26-28-46(47(67)35-44)66(68,69)70)61(89)81-32-20-25-49(81)59(87)74-65(30-18-19-31-65)64(92)80(11)57(41(3)4)60(88)71-42(5)34-53(83)78(50)9/h26,28,35,40-43,45,48-51,56-57H,12-25,27,29-34,36-39H2,1-11H3,(H,71,88)(H,72,82)(H,73,86)(H,74,87)/t42-,48+,49+,50+,51+,56+,57+/m1/s1. The Labute approximate surface area is 545 Å². The molecule has 2 saturated heterocycles. The number of halogens is 4. The number of nitrogens with zero attached hydrogens (tertiary/aromatic N) is 7. The monoisotopic (exact) mass is 1320 g/mol. The first kappa shape index (κ1) is 74.5. The number of nitrogens with one attached hydrogen (secondary N) is 4. The van der Waals surface area contributed by atoms with E-state index in [1.54, 1.807) is 20.8 Å². The minimum absolute atomic E-state index is 0.0372. The van der Waals surface area contributed by atoms with E-state index < -0.39 is 155 Å². The Hall–Kier alpha value is -6.53. The SMILES string of the molecule is CC(C)C[C@H]1C(=O)N[C@@H](C2CCCCC2)C(=O)N(C)CC(=O)N(C)CC(=O)N(C)[C@@H](CC2CCCCC2)C(=O)N(C)CC(=O)N[C@@H](CCc2ccc(C(F)(F)F)c(Cl)c2)C(=O)N2CCC[C@H]2C(=O)NC2(CCCC2)C(=O)N(C)[C@@H](C(C)C)C(=O)N[C@H](C)CC(=O)N1C. The van der Waals surface area contributed by atoms with Gasteiger partial charge in [0, 0.05) is 61.3 Å². The second kappa shape index (κ2) is 33.0. The van der Waals surface area contributed by atoms with Crippen molar-refractivity contribution in [3.8, 4) is 0 Å². The molecule has 1 spiro atoms. The second-order valence-corrected chi connectivity index (χ2v) is 28.0. The number of carbonyl (C=O) groups excluding carboxylic acids is 11. The number of likely N-dealkylation sites (N-methyl/N-ethyl adjacent to an activating group) is 6. The zero-order valence-corrected chi connectivity index (χ0v) is 56.6. The van der Waals surface area contributed by atoms with Gasteiger partial charge < -0.3 is 55.6 Å². The summed E-state index contributed by atoms with van der Waals surface area (Å²) < 4.78 is 41.3. The van der Waals surface area contributed by atoms with Crippen LogP contribution in [0.1, 0.15) is 174 Å². The van der Waals surface area contributed by atoms with Crippen LogP contribution in [0.5, 0.6) is 0 Å². The first-order chi connectivity index (χ1) is 43.2. The predicted octanol–water partition coefficient (Wildman–Crippen LogP) is 5.70. The molecule has 7 atom stereocenters. The highest BCUT2D eigenvalue weighted by Crippen LogP contribution is 2.37. The minimum atomic E-state index is -4.74. The summed E-state index contributed by atoms with van der Waals surface area (Å²) in [6.45, 7) is 7.46. The molecule has 2 aliphatic heterocycles. The lowest BCUT2D eigenvalue weighted by molar-refractivity contribution is -0.149. The van der Waals surface area contributed by atoms with Gasteiger partial charge in [0.2, 0.25) is 65.0 Å². The summed E-state index contributed by atoms with van der Waals surface area (Å²) >= 11 is 6.12. The summed E-state index contributed by atoms with van der Waals surface area (Å²) in [4.78, 5) is 169. The van der Waals surface area contributed by atoms with Gasteiger partial charge in [0.1, 0.15) is 41.8 Å². The molecule has 3 saturated carbocycles. The highest BCUT2D eigenvalue weighted by atomic mass is 35.5. The number of fused-ring (bicyclic) bond motifs is 1. The van der Waals surface area contributed by atoms with E-state index in [1.807, 2.05) is 13.8 Å². The highest BCUT2D eigenvalue weighted by Gasteiger charge is 2.50. The van der Waals surface area contributed by atoms with E-state index in [1.165, 1.54) is 72.9 Å². The van der Waals surface area contributed by atoms with Crippen LogP contribution in [0.15, 0.2) is 18.2 Å². The van der Waals surface area contributed by atoms with Gasteiger partial charge in [-0.1, -0.05) is 110 Å². The molecule has 2 heterocycles. The minimum Gasteiger partial charge on any atom is -0.351 e. The quantitative estimate of drug-likeness (QED) is 0.233. The highest BCUT2D eigenvalue weighted by molar-refractivity contribution is 6.31. The van der Waals surface area contributed by atoms with Gasteiger partial charge >= 0.3 is 6.18 Å². The molecule has 92 heavy (non-hydrogen) atoms. The summed E-state index contributed by atoms with van der Waals surface area (Å²) in [6, 6.07) is -4.47. The average Bonchev–Trinajstić information content (AvgIpc) is 1.54. The Morgan fingerprint density at radius 3 is 1.82 bits per heavy atom. The molecule has 1 aromatic rings. The summed E-state index contributed by atoms with van der Waals surface area (Å²) in [6.07, 6.45) is 5.50. The van der Waals surface area contributed by atoms with Crippen molar-refractivity contribution in [3.63, 3.8) is 0 Å². The van der Waals surface area contributed by atoms with E-state index >= 15 is 9.59 Å². The molecule has 6 rings (SSSR count). The molecule has 26 heteroatoms. The number of rotatable bonds is 9. The molecular weight excluding hydrogens is 1220 g/mol. The van der Waals surface area contributed by atoms with Crippen LogP contribution in [0.2, 0.25) is 5.02 Å². The van der Waals surface area contributed by atoms with Gasteiger partial charge in [-0.15, -0.1) is 0 Å². The van der Waals surface area contributed by atoms with Gasteiger partial charge in [-0.05, 0) is 112 Å². The molecule has 0 bridgehead atoms. The summed E-state index contributed by atoms with van der Waals surface area (Å²) in [5, 5.41) is 11.1. The van der Waals surface area contributed by atoms with Crippen molar-refractivity contribution in [1.82, 2.24) is 55.6 Å². The van der Waals surface area contributed by atoms with Crippen LogP contribution in [0, 0.1) is 23.7 Å². The van der Waals surface area contributed by atoms with E-state index in [0.717, 1.165) is 73.3 Å². The second-order valence-electron chi connectivity index (χ2n) is 27.6. The summed E-state index contributed by atoms with van der Waals surface area (Å²) in [5.74, 6) is -7.45. The van der Waals surface area contributed by atoms with Crippen LogP contribution >= 0.6 is 11.6 Å². The van der Waals surface area contributed by atoms with Gasteiger partial charge in [0.25, 0.3) is 0 Å². The van der Waals surface area contributed by atoms with E-state index in [9.17, 15) is 56.3 Å². The van der Waals surface area contributed by atoms with Crippen LogP contribution in [-0.4, -0.2) is 216 Å². The largest absolute Gasteiger partial charge is 0.417 e. The maximum Gasteiger partial charge on any atom is 0.417 e. The zero-order chi connectivity index (χ0) is 68.1. The van der Waals surface area contributed by atoms with E-state index in [-0.39, 0.29) is 75.7 Å². The molecule has 0 unspecified atom stereocenters. The van der Waals surface area contributed by atoms with Crippen LogP contribution in [0.25, 0.3) is 0 Å². The average molecular weight is 1320 g/mol. The summed E-state index contributed by atoms with van der Waals surface area (Å²) in [5.41, 5.74) is -2.24. The van der Waals surface area contributed by atoms with Crippen molar-refractivity contribution in [2.45, 2.75) is 223 Å². The van der Waals surface area contributed by atoms with E-state index in [0.29, 0.717) is 37.7 Å². The molecule has 0 radical (unpaired) electrons. The van der Waals surface area contributed by atoms with Crippen molar-refractivity contribution in [1.29, 1.82) is 0 Å². The molecule has 1 aromatic carbocycles. The van der Waals surface area contributed by atoms with Crippen LogP contribution < -0.4 is 21.3 Å². The Morgan fingerprint density at radius 2 is 1.22 bits per heavy atom. The normalized spacial score (nSPS) is 26.9. The van der Waals surface area contributed by atoms with E-state index in [2.05, 4.69) is 21.3 Å². The molecule has 5 fully saturated rings. The first-order valence-electron chi connectivity index (χ1n) is 33.2.